The second-order valence-electron chi connectivity index (χ2n) is 5.19. The molecule has 1 saturated carbocycles. The Kier molecular flexibility index (Phi) is 4.74. The highest BCUT2D eigenvalue weighted by Crippen LogP contribution is 2.29. The molecule has 0 bridgehead atoms. The molecule has 0 aromatic carbocycles. The van der Waals surface area contributed by atoms with Gasteiger partial charge >= 0.3 is 5.97 Å². The third-order valence-electron chi connectivity index (χ3n) is 3.35. The van der Waals surface area contributed by atoms with Crippen LogP contribution in [0.15, 0.2) is 0 Å². The molecule has 0 spiro atoms. The molecule has 3 N–H and O–H groups in total. The number of nitrogens with two attached hydrogens (primary N) is 1. The number of rotatable bonds is 7. The quantitative estimate of drug-likeness (QED) is 0.698. The molecule has 0 amide bonds. The summed E-state index contributed by atoms with van der Waals surface area (Å²) in [6.07, 6.45) is 5.35. The lowest BCUT2D eigenvalue weighted by molar-refractivity contribution is -0.144. The van der Waals surface area contributed by atoms with Crippen LogP contribution in [0.3, 0.4) is 0 Å². The molecule has 4 heteroatoms. The Balaban J connectivity index is 2.14. The number of carboxylic acid groups (broad SMARTS) is 1. The van der Waals surface area contributed by atoms with E-state index in [9.17, 15) is 4.79 Å². The molecular formula is C12H23NO3. The van der Waals surface area contributed by atoms with Gasteiger partial charge in [0, 0.05) is 13.0 Å². The van der Waals surface area contributed by atoms with Crippen molar-refractivity contribution in [2.45, 2.75) is 57.6 Å². The van der Waals surface area contributed by atoms with Crippen molar-refractivity contribution < 1.29 is 14.6 Å². The predicted octanol–water partition coefficient (Wildman–Crippen LogP) is 1.77. The van der Waals surface area contributed by atoms with E-state index in [1.807, 2.05) is 6.92 Å². The van der Waals surface area contributed by atoms with Crippen molar-refractivity contribution in [2.24, 2.45) is 11.7 Å². The summed E-state index contributed by atoms with van der Waals surface area (Å²) >= 11 is 0. The zero-order valence-corrected chi connectivity index (χ0v) is 10.2. The third-order valence-corrected chi connectivity index (χ3v) is 3.35. The van der Waals surface area contributed by atoms with E-state index >= 15 is 0 Å². The summed E-state index contributed by atoms with van der Waals surface area (Å²) in [5.41, 5.74) is 4.47. The molecule has 1 rings (SSSR count). The maximum Gasteiger partial charge on any atom is 0.323 e. The number of ether oxygens (including phenoxy) is 1. The molecule has 1 fully saturated rings. The van der Waals surface area contributed by atoms with Crippen molar-refractivity contribution >= 4 is 5.97 Å². The van der Waals surface area contributed by atoms with Crippen molar-refractivity contribution in [3.8, 4) is 0 Å². The molecule has 4 nitrogen and oxygen atoms in total. The molecule has 0 radical (unpaired) electrons. The van der Waals surface area contributed by atoms with Gasteiger partial charge in [-0.15, -0.1) is 0 Å². The van der Waals surface area contributed by atoms with Crippen molar-refractivity contribution in [1.29, 1.82) is 0 Å². The summed E-state index contributed by atoms with van der Waals surface area (Å²) in [4.78, 5) is 10.8. The summed E-state index contributed by atoms with van der Waals surface area (Å²) in [6.45, 7) is 4.14. The summed E-state index contributed by atoms with van der Waals surface area (Å²) in [5, 5.41) is 8.87. The first-order valence-corrected chi connectivity index (χ1v) is 6.05. The first kappa shape index (κ1) is 13.5. The van der Waals surface area contributed by atoms with E-state index in [0.717, 1.165) is 18.9 Å². The van der Waals surface area contributed by atoms with Gasteiger partial charge in [0.25, 0.3) is 0 Å². The van der Waals surface area contributed by atoms with Gasteiger partial charge in [0.1, 0.15) is 5.54 Å². The normalized spacial score (nSPS) is 22.2. The van der Waals surface area contributed by atoms with Gasteiger partial charge in [0.2, 0.25) is 0 Å². The monoisotopic (exact) mass is 229 g/mol. The van der Waals surface area contributed by atoms with Crippen LogP contribution in [0.2, 0.25) is 0 Å². The predicted molar refractivity (Wildman–Crippen MR) is 62.2 cm³/mol. The number of hydrogen-bond acceptors (Lipinski definition) is 3. The molecule has 2 atom stereocenters. The van der Waals surface area contributed by atoms with Crippen LogP contribution in [0.1, 0.15) is 46.0 Å². The van der Waals surface area contributed by atoms with Crippen LogP contribution in [0.25, 0.3) is 0 Å². The molecule has 16 heavy (non-hydrogen) atoms. The van der Waals surface area contributed by atoms with Crippen LogP contribution >= 0.6 is 0 Å². The van der Waals surface area contributed by atoms with E-state index in [1.54, 1.807) is 0 Å². The minimum Gasteiger partial charge on any atom is -0.480 e. The molecule has 0 heterocycles. The molecule has 0 saturated heterocycles. The second-order valence-corrected chi connectivity index (χ2v) is 5.19. The minimum absolute atomic E-state index is 0.0915. The maximum absolute atomic E-state index is 10.8. The van der Waals surface area contributed by atoms with Gasteiger partial charge < -0.3 is 15.6 Å². The Hall–Kier alpha value is -0.610. The van der Waals surface area contributed by atoms with E-state index in [1.165, 1.54) is 26.2 Å². The van der Waals surface area contributed by atoms with Gasteiger partial charge in [-0.3, -0.25) is 4.79 Å². The van der Waals surface area contributed by atoms with E-state index in [2.05, 4.69) is 0 Å². The smallest absolute Gasteiger partial charge is 0.323 e. The SMILES string of the molecule is CC(CC(C)(N)C(=O)O)OCCC1CCC1. The van der Waals surface area contributed by atoms with Gasteiger partial charge in [0.05, 0.1) is 6.10 Å². The van der Waals surface area contributed by atoms with Gasteiger partial charge in [-0.05, 0) is 26.2 Å². The molecule has 0 aliphatic heterocycles. The van der Waals surface area contributed by atoms with Crippen molar-refractivity contribution in [1.82, 2.24) is 0 Å². The average Bonchev–Trinajstić information content (AvgIpc) is 2.08. The largest absolute Gasteiger partial charge is 0.480 e. The molecule has 2 unspecified atom stereocenters. The maximum atomic E-state index is 10.8. The lowest BCUT2D eigenvalue weighted by Gasteiger charge is -2.27. The highest BCUT2D eigenvalue weighted by Gasteiger charge is 2.30. The van der Waals surface area contributed by atoms with E-state index in [-0.39, 0.29) is 6.10 Å². The fraction of sp³-hybridized carbons (Fsp3) is 0.917. The van der Waals surface area contributed by atoms with Crippen molar-refractivity contribution in [2.75, 3.05) is 6.61 Å². The Morgan fingerprint density at radius 2 is 2.25 bits per heavy atom. The topological polar surface area (TPSA) is 72.6 Å². The fourth-order valence-corrected chi connectivity index (χ4v) is 1.96. The molecule has 1 aliphatic carbocycles. The average molecular weight is 229 g/mol. The summed E-state index contributed by atoms with van der Waals surface area (Å²) in [7, 11) is 0. The standard InChI is InChI=1S/C12H23NO3/c1-9(8-12(2,13)11(14)15)16-7-6-10-4-3-5-10/h9-10H,3-8,13H2,1-2H3,(H,14,15). The number of hydrogen-bond donors (Lipinski definition) is 2. The van der Waals surface area contributed by atoms with Crippen molar-refractivity contribution in [3.05, 3.63) is 0 Å². The first-order valence-electron chi connectivity index (χ1n) is 6.05. The number of carboxylic acids is 1. The third kappa shape index (κ3) is 4.10. The van der Waals surface area contributed by atoms with Crippen LogP contribution in [0, 0.1) is 5.92 Å². The van der Waals surface area contributed by atoms with Crippen LogP contribution < -0.4 is 5.73 Å². The number of aliphatic carboxylic acids is 1. The van der Waals surface area contributed by atoms with E-state index in [4.69, 9.17) is 15.6 Å². The highest BCUT2D eigenvalue weighted by atomic mass is 16.5. The Morgan fingerprint density at radius 1 is 1.62 bits per heavy atom. The molecule has 94 valence electrons. The van der Waals surface area contributed by atoms with Gasteiger partial charge in [-0.2, -0.15) is 0 Å². The Labute approximate surface area is 97.2 Å². The summed E-state index contributed by atoms with van der Waals surface area (Å²) in [6, 6.07) is 0. The summed E-state index contributed by atoms with van der Waals surface area (Å²) < 4.78 is 5.59. The fourth-order valence-electron chi connectivity index (χ4n) is 1.96. The van der Waals surface area contributed by atoms with Crippen LogP contribution in [-0.4, -0.2) is 29.3 Å². The second kappa shape index (κ2) is 5.64. The molecule has 0 aromatic rings. The lowest BCUT2D eigenvalue weighted by atomic mass is 9.83. The Morgan fingerprint density at radius 3 is 2.69 bits per heavy atom. The highest BCUT2D eigenvalue weighted by molar-refractivity contribution is 5.77. The van der Waals surface area contributed by atoms with Gasteiger partial charge in [-0.1, -0.05) is 19.3 Å². The van der Waals surface area contributed by atoms with Crippen LogP contribution in [0.5, 0.6) is 0 Å². The van der Waals surface area contributed by atoms with Gasteiger partial charge in [0.15, 0.2) is 0 Å². The number of carbonyl (C=O) groups is 1. The Bertz CT molecular complexity index is 236. The van der Waals surface area contributed by atoms with E-state index < -0.39 is 11.5 Å². The molecule has 0 aromatic heterocycles. The molecule has 1 aliphatic rings. The van der Waals surface area contributed by atoms with Gasteiger partial charge in [-0.25, -0.2) is 0 Å². The zero-order valence-electron chi connectivity index (χ0n) is 10.2. The van der Waals surface area contributed by atoms with Crippen molar-refractivity contribution in [3.63, 3.8) is 0 Å². The van der Waals surface area contributed by atoms with Crippen LogP contribution in [0.4, 0.5) is 0 Å². The van der Waals surface area contributed by atoms with E-state index in [0.29, 0.717) is 6.42 Å². The zero-order chi connectivity index (χ0) is 12.2. The molecular weight excluding hydrogens is 206 g/mol. The summed E-state index contributed by atoms with van der Waals surface area (Å²) in [5.74, 6) is -0.141. The first-order chi connectivity index (χ1) is 7.42. The van der Waals surface area contributed by atoms with Crippen LogP contribution in [-0.2, 0) is 9.53 Å². The minimum atomic E-state index is -1.18. The lowest BCUT2D eigenvalue weighted by Crippen LogP contribution is -2.47.